The highest BCUT2D eigenvalue weighted by atomic mass is 16.6. The van der Waals surface area contributed by atoms with Gasteiger partial charge in [-0.3, -0.25) is 4.79 Å². The molecule has 6 heteroatoms. The fourth-order valence-electron chi connectivity index (χ4n) is 1.76. The van der Waals surface area contributed by atoms with Crippen LogP contribution in [0.2, 0.25) is 0 Å². The summed E-state index contributed by atoms with van der Waals surface area (Å²) in [6.07, 6.45) is 0. The fraction of sp³-hybridized carbons (Fsp3) is 0.500. The number of amides is 1. The van der Waals surface area contributed by atoms with E-state index in [0.29, 0.717) is 5.75 Å². The Hall–Kier alpha value is -2.55. The van der Waals surface area contributed by atoms with Crippen molar-refractivity contribution in [1.82, 2.24) is 5.32 Å². The van der Waals surface area contributed by atoms with Gasteiger partial charge in [-0.05, 0) is 49.9 Å². The SMILES string of the molecule is Cc1ccc(OCC(=O)OCC(=O)N[C@@](C)(C#N)C(C)C)cc1C. The van der Waals surface area contributed by atoms with Gasteiger partial charge in [0.15, 0.2) is 13.2 Å². The first kappa shape index (κ1) is 19.5. The summed E-state index contributed by atoms with van der Waals surface area (Å²) in [4.78, 5) is 23.5. The molecular formula is C18H24N2O4. The molecule has 0 aliphatic heterocycles. The minimum Gasteiger partial charge on any atom is -0.482 e. The van der Waals surface area contributed by atoms with Crippen LogP contribution in [0.5, 0.6) is 5.75 Å². The van der Waals surface area contributed by atoms with E-state index in [0.717, 1.165) is 11.1 Å². The zero-order valence-electron chi connectivity index (χ0n) is 14.8. The third-order valence-electron chi connectivity index (χ3n) is 3.99. The maximum Gasteiger partial charge on any atom is 0.344 e. The third-order valence-corrected chi connectivity index (χ3v) is 3.99. The number of aryl methyl sites for hydroxylation is 2. The van der Waals surface area contributed by atoms with Crippen LogP contribution < -0.4 is 10.1 Å². The Balaban J connectivity index is 2.42. The van der Waals surface area contributed by atoms with E-state index >= 15 is 0 Å². The van der Waals surface area contributed by atoms with Gasteiger partial charge in [0.1, 0.15) is 11.3 Å². The molecule has 0 bridgehead atoms. The van der Waals surface area contributed by atoms with Gasteiger partial charge in [0.05, 0.1) is 6.07 Å². The summed E-state index contributed by atoms with van der Waals surface area (Å²) < 4.78 is 10.2. The lowest BCUT2D eigenvalue weighted by molar-refractivity contribution is -0.150. The maximum atomic E-state index is 11.8. The van der Waals surface area contributed by atoms with Gasteiger partial charge >= 0.3 is 5.97 Å². The Morgan fingerprint density at radius 3 is 2.46 bits per heavy atom. The summed E-state index contributed by atoms with van der Waals surface area (Å²) in [6.45, 7) is 8.48. The Morgan fingerprint density at radius 2 is 1.92 bits per heavy atom. The number of ether oxygens (including phenoxy) is 2. The van der Waals surface area contributed by atoms with E-state index in [9.17, 15) is 9.59 Å². The molecule has 24 heavy (non-hydrogen) atoms. The molecule has 0 aliphatic carbocycles. The summed E-state index contributed by atoms with van der Waals surface area (Å²) in [7, 11) is 0. The number of nitrogens with one attached hydrogen (secondary N) is 1. The van der Waals surface area contributed by atoms with Crippen molar-refractivity contribution in [2.45, 2.75) is 40.2 Å². The molecule has 0 saturated carbocycles. The van der Waals surface area contributed by atoms with E-state index in [-0.39, 0.29) is 12.5 Å². The molecule has 0 radical (unpaired) electrons. The van der Waals surface area contributed by atoms with Crippen LogP contribution in [-0.4, -0.2) is 30.6 Å². The van der Waals surface area contributed by atoms with E-state index in [1.165, 1.54) is 0 Å². The number of carbonyl (C=O) groups excluding carboxylic acids is 2. The second-order valence-electron chi connectivity index (χ2n) is 6.21. The van der Waals surface area contributed by atoms with Crippen molar-refractivity contribution in [3.05, 3.63) is 29.3 Å². The van der Waals surface area contributed by atoms with Gasteiger partial charge in [-0.25, -0.2) is 4.79 Å². The highest BCUT2D eigenvalue weighted by Gasteiger charge is 2.30. The molecule has 1 N–H and O–H groups in total. The van der Waals surface area contributed by atoms with E-state index in [1.807, 2.05) is 39.8 Å². The second kappa shape index (κ2) is 8.34. The molecule has 1 aromatic rings. The van der Waals surface area contributed by atoms with Gasteiger partial charge in [-0.1, -0.05) is 19.9 Å². The molecule has 0 aliphatic rings. The van der Waals surface area contributed by atoms with Crippen molar-refractivity contribution >= 4 is 11.9 Å². The molecule has 0 spiro atoms. The lowest BCUT2D eigenvalue weighted by atomic mass is 9.90. The lowest BCUT2D eigenvalue weighted by Gasteiger charge is -2.27. The Labute approximate surface area is 142 Å². The van der Waals surface area contributed by atoms with Crippen LogP contribution in [0.25, 0.3) is 0 Å². The van der Waals surface area contributed by atoms with Gasteiger partial charge in [0.25, 0.3) is 5.91 Å². The molecule has 0 aromatic heterocycles. The van der Waals surface area contributed by atoms with E-state index in [1.54, 1.807) is 13.0 Å². The van der Waals surface area contributed by atoms with Crippen LogP contribution in [0.15, 0.2) is 18.2 Å². The first-order chi connectivity index (χ1) is 11.2. The topological polar surface area (TPSA) is 88.4 Å². The van der Waals surface area contributed by atoms with Crippen molar-refractivity contribution in [2.24, 2.45) is 5.92 Å². The Kier molecular flexibility index (Phi) is 6.78. The standard InChI is InChI=1S/C18H24N2O4/c1-12(2)18(5,11-19)20-16(21)9-24-17(22)10-23-15-7-6-13(3)14(4)8-15/h6-8,12H,9-10H2,1-5H3,(H,20,21)/t18-/m0/s1. The molecule has 0 saturated heterocycles. The summed E-state index contributed by atoms with van der Waals surface area (Å²) in [5, 5.41) is 11.7. The summed E-state index contributed by atoms with van der Waals surface area (Å²) in [6, 6.07) is 7.55. The first-order valence-corrected chi connectivity index (χ1v) is 7.76. The fourth-order valence-corrected chi connectivity index (χ4v) is 1.76. The number of esters is 1. The van der Waals surface area contributed by atoms with Crippen LogP contribution in [0, 0.1) is 31.1 Å². The number of carbonyl (C=O) groups is 2. The average molecular weight is 332 g/mol. The Morgan fingerprint density at radius 1 is 1.25 bits per heavy atom. The monoisotopic (exact) mass is 332 g/mol. The van der Waals surface area contributed by atoms with Crippen LogP contribution in [0.4, 0.5) is 0 Å². The normalized spacial score (nSPS) is 12.9. The molecule has 6 nitrogen and oxygen atoms in total. The van der Waals surface area contributed by atoms with Crippen LogP contribution in [0.3, 0.4) is 0 Å². The van der Waals surface area contributed by atoms with E-state index in [2.05, 4.69) is 11.4 Å². The first-order valence-electron chi connectivity index (χ1n) is 7.76. The molecule has 0 fully saturated rings. The predicted molar refractivity (Wildman–Crippen MR) is 89.4 cm³/mol. The quantitative estimate of drug-likeness (QED) is 0.774. The molecule has 0 unspecified atom stereocenters. The van der Waals surface area contributed by atoms with Gasteiger partial charge < -0.3 is 14.8 Å². The molecule has 1 atom stereocenters. The summed E-state index contributed by atoms with van der Waals surface area (Å²) in [5.74, 6) is -0.675. The van der Waals surface area contributed by atoms with Crippen molar-refractivity contribution in [3.8, 4) is 11.8 Å². The van der Waals surface area contributed by atoms with Gasteiger partial charge in [0.2, 0.25) is 0 Å². The maximum absolute atomic E-state index is 11.8. The predicted octanol–water partition coefficient (Wildman–Crippen LogP) is 2.28. The number of hydrogen-bond acceptors (Lipinski definition) is 5. The molecular weight excluding hydrogens is 308 g/mol. The number of benzene rings is 1. The number of nitrogens with zero attached hydrogens (tertiary/aromatic N) is 1. The molecule has 130 valence electrons. The Bertz CT molecular complexity index is 649. The molecule has 0 heterocycles. The van der Waals surface area contributed by atoms with Crippen molar-refractivity contribution < 1.29 is 19.1 Å². The van der Waals surface area contributed by atoms with Gasteiger partial charge in [-0.2, -0.15) is 5.26 Å². The zero-order chi connectivity index (χ0) is 18.3. The van der Waals surface area contributed by atoms with Crippen molar-refractivity contribution in [1.29, 1.82) is 5.26 Å². The lowest BCUT2D eigenvalue weighted by Crippen LogP contribution is -2.50. The minimum atomic E-state index is -1.00. The third kappa shape index (κ3) is 5.58. The number of nitriles is 1. The molecule has 1 amide bonds. The minimum absolute atomic E-state index is 0.0738. The smallest absolute Gasteiger partial charge is 0.344 e. The van der Waals surface area contributed by atoms with Gasteiger partial charge in [-0.15, -0.1) is 0 Å². The van der Waals surface area contributed by atoms with Gasteiger partial charge in [0, 0.05) is 0 Å². The van der Waals surface area contributed by atoms with Crippen LogP contribution in [-0.2, 0) is 14.3 Å². The van der Waals surface area contributed by atoms with Crippen LogP contribution in [0.1, 0.15) is 31.9 Å². The largest absolute Gasteiger partial charge is 0.482 e. The second-order valence-corrected chi connectivity index (χ2v) is 6.21. The molecule has 1 rings (SSSR count). The highest BCUT2D eigenvalue weighted by molar-refractivity contribution is 5.81. The number of rotatable bonds is 7. The summed E-state index contributed by atoms with van der Waals surface area (Å²) in [5.41, 5.74) is 1.19. The van der Waals surface area contributed by atoms with E-state index < -0.39 is 24.0 Å². The van der Waals surface area contributed by atoms with Crippen molar-refractivity contribution in [3.63, 3.8) is 0 Å². The highest BCUT2D eigenvalue weighted by Crippen LogP contribution is 2.16. The van der Waals surface area contributed by atoms with E-state index in [4.69, 9.17) is 14.7 Å². The summed E-state index contributed by atoms with van der Waals surface area (Å²) >= 11 is 0. The van der Waals surface area contributed by atoms with Crippen molar-refractivity contribution in [2.75, 3.05) is 13.2 Å². The average Bonchev–Trinajstić information content (AvgIpc) is 2.53. The molecule has 1 aromatic carbocycles. The number of hydrogen-bond donors (Lipinski definition) is 1. The zero-order valence-corrected chi connectivity index (χ0v) is 14.8. The van der Waals surface area contributed by atoms with Crippen LogP contribution >= 0.6 is 0 Å².